The molecule has 1 fully saturated rings. The summed E-state index contributed by atoms with van der Waals surface area (Å²) in [6.45, 7) is 3.44. The van der Waals surface area contributed by atoms with Gasteiger partial charge in [0.1, 0.15) is 6.04 Å². The molecule has 3 atom stereocenters. The van der Waals surface area contributed by atoms with Crippen molar-refractivity contribution >= 4 is 46.7 Å². The number of hydrogen-bond donors (Lipinski definition) is 0. The smallest absolute Gasteiger partial charge is 0.275 e. The molecule has 0 radical (unpaired) electrons. The highest BCUT2D eigenvalue weighted by Gasteiger charge is 2.63. The summed E-state index contributed by atoms with van der Waals surface area (Å²) in [5.74, 6) is -4.32. The van der Waals surface area contributed by atoms with Crippen LogP contribution in [0.15, 0.2) is 91.0 Å². The maximum absolute atomic E-state index is 14.5. The van der Waals surface area contributed by atoms with E-state index in [-0.39, 0.29) is 22.4 Å². The molecule has 4 aromatic rings. The number of aryl methyl sites for hydroxylation is 1. The minimum atomic E-state index is -1.20. The van der Waals surface area contributed by atoms with Gasteiger partial charge in [-0.15, -0.1) is 0 Å². The molecule has 2 bridgehead atoms. The Kier molecular flexibility index (Phi) is 6.53. The van der Waals surface area contributed by atoms with Gasteiger partial charge in [0, 0.05) is 22.4 Å². The number of hydrazine groups is 1. The lowest BCUT2D eigenvalue weighted by Crippen LogP contribution is -2.56. The first-order valence-corrected chi connectivity index (χ1v) is 14.9. The summed E-state index contributed by atoms with van der Waals surface area (Å²) >= 11 is 12.6. The quantitative estimate of drug-likeness (QED) is 0.184. The van der Waals surface area contributed by atoms with E-state index in [1.807, 2.05) is 55.5 Å². The monoisotopic (exact) mass is 608 g/mol. The van der Waals surface area contributed by atoms with Crippen LogP contribution in [0.1, 0.15) is 67.3 Å². The lowest BCUT2D eigenvalue weighted by atomic mass is 9.55. The summed E-state index contributed by atoms with van der Waals surface area (Å²) in [6, 6.07) is 25.9. The van der Waals surface area contributed by atoms with Gasteiger partial charge in [0.25, 0.3) is 17.7 Å². The van der Waals surface area contributed by atoms with E-state index in [0.717, 1.165) is 37.8 Å². The summed E-state index contributed by atoms with van der Waals surface area (Å²) in [4.78, 5) is 57.2. The first-order chi connectivity index (χ1) is 20.7. The Hall–Kier alpha value is -4.26. The molecule has 1 heterocycles. The van der Waals surface area contributed by atoms with Gasteiger partial charge in [-0.25, -0.2) is 5.01 Å². The predicted molar refractivity (Wildman–Crippen MR) is 163 cm³/mol. The molecule has 0 aromatic heterocycles. The molecule has 0 N–H and O–H groups in total. The standard InChI is InChI=1S/C35H26Cl2N2O4/c1-18-11-13-20(14-12-18)32(40)19(2)38(33(41)26-16-15-21(36)17-27(26)37)39-34(42)30-28-22-7-3-4-8-23(22)29(31(30)35(39)43)25-10-6-5-9-24(25)28/h3-17,19,28-31H,1-2H3/t19-,28?,29?,30-,31-/m0/s1. The van der Waals surface area contributed by atoms with Gasteiger partial charge in [-0.1, -0.05) is 102 Å². The van der Waals surface area contributed by atoms with Gasteiger partial charge in [-0.05, 0) is 54.3 Å². The van der Waals surface area contributed by atoms with Crippen molar-refractivity contribution in [1.82, 2.24) is 10.0 Å². The van der Waals surface area contributed by atoms with Crippen LogP contribution in [0.4, 0.5) is 0 Å². The Morgan fingerprint density at radius 1 is 0.744 bits per heavy atom. The summed E-state index contributed by atoms with van der Waals surface area (Å²) in [5, 5.41) is 2.31. The number of halogens is 2. The Balaban J connectivity index is 1.37. The van der Waals surface area contributed by atoms with Gasteiger partial charge in [0.05, 0.1) is 22.4 Å². The van der Waals surface area contributed by atoms with Crippen LogP contribution in [-0.4, -0.2) is 39.6 Å². The molecule has 214 valence electrons. The Morgan fingerprint density at radius 3 is 1.70 bits per heavy atom. The Bertz CT molecular complexity index is 1740. The van der Waals surface area contributed by atoms with Crippen molar-refractivity contribution < 1.29 is 19.2 Å². The second-order valence-corrected chi connectivity index (χ2v) is 12.3. The van der Waals surface area contributed by atoms with Crippen molar-refractivity contribution in [3.63, 3.8) is 0 Å². The fourth-order valence-corrected chi connectivity index (χ4v) is 7.66. The molecule has 3 amide bonds. The highest BCUT2D eigenvalue weighted by atomic mass is 35.5. The number of rotatable bonds is 5. The Labute approximate surface area is 258 Å². The fraction of sp³-hybridized carbons (Fsp3) is 0.200. The van der Waals surface area contributed by atoms with Gasteiger partial charge < -0.3 is 0 Å². The van der Waals surface area contributed by atoms with Crippen LogP contribution in [0.2, 0.25) is 10.0 Å². The molecule has 4 aromatic carbocycles. The molecule has 3 aliphatic carbocycles. The van der Waals surface area contributed by atoms with E-state index >= 15 is 0 Å². The number of imide groups is 1. The van der Waals surface area contributed by atoms with Crippen LogP contribution in [0.5, 0.6) is 0 Å². The SMILES string of the molecule is Cc1ccc(C(=O)[C@H](C)N(C(=O)c2ccc(Cl)cc2Cl)N2C(=O)[C@H]3C4c5ccccc5C(c5ccccc54)[C@@H]3C2=O)cc1. The summed E-state index contributed by atoms with van der Waals surface area (Å²) in [5.41, 5.74) is 5.40. The number of carbonyl (C=O) groups is 4. The molecule has 0 spiro atoms. The number of Topliss-reactive ketones (excluding diaryl/α,β-unsaturated/α-hetero) is 1. The topological polar surface area (TPSA) is 74.8 Å². The third-order valence-electron chi connectivity index (χ3n) is 9.09. The average molecular weight is 610 g/mol. The zero-order chi connectivity index (χ0) is 30.2. The van der Waals surface area contributed by atoms with Crippen molar-refractivity contribution in [2.24, 2.45) is 11.8 Å². The second-order valence-electron chi connectivity index (χ2n) is 11.4. The van der Waals surface area contributed by atoms with Crippen LogP contribution in [0, 0.1) is 18.8 Å². The molecule has 0 unspecified atom stereocenters. The zero-order valence-corrected chi connectivity index (χ0v) is 24.8. The summed E-state index contributed by atoms with van der Waals surface area (Å²) in [7, 11) is 0. The van der Waals surface area contributed by atoms with E-state index in [9.17, 15) is 19.2 Å². The van der Waals surface area contributed by atoms with Gasteiger partial charge in [-0.2, -0.15) is 5.01 Å². The van der Waals surface area contributed by atoms with E-state index < -0.39 is 41.4 Å². The number of benzene rings is 4. The number of nitrogens with zero attached hydrogens (tertiary/aromatic N) is 2. The van der Waals surface area contributed by atoms with E-state index in [0.29, 0.717) is 10.6 Å². The molecule has 8 rings (SSSR count). The predicted octanol–water partition coefficient (Wildman–Crippen LogP) is 6.82. The van der Waals surface area contributed by atoms with Crippen LogP contribution < -0.4 is 0 Å². The van der Waals surface area contributed by atoms with E-state index in [1.165, 1.54) is 25.1 Å². The van der Waals surface area contributed by atoms with Crippen molar-refractivity contribution in [3.8, 4) is 0 Å². The van der Waals surface area contributed by atoms with Crippen LogP contribution >= 0.6 is 23.2 Å². The molecular formula is C35H26Cl2N2O4. The van der Waals surface area contributed by atoms with Crippen molar-refractivity contribution in [1.29, 1.82) is 0 Å². The highest BCUT2D eigenvalue weighted by molar-refractivity contribution is 6.36. The zero-order valence-electron chi connectivity index (χ0n) is 23.3. The Morgan fingerprint density at radius 2 is 1.23 bits per heavy atom. The highest BCUT2D eigenvalue weighted by Crippen LogP contribution is 2.61. The number of carbonyl (C=O) groups excluding carboxylic acids is 4. The average Bonchev–Trinajstić information content (AvgIpc) is 3.27. The normalized spacial score (nSPS) is 22.1. The van der Waals surface area contributed by atoms with Gasteiger partial charge in [0.15, 0.2) is 5.78 Å². The lowest BCUT2D eigenvalue weighted by Gasteiger charge is -2.45. The van der Waals surface area contributed by atoms with Crippen LogP contribution in [0.3, 0.4) is 0 Å². The number of ketones is 1. The fourth-order valence-electron chi connectivity index (χ4n) is 7.17. The second kappa shape index (κ2) is 10.2. The van der Waals surface area contributed by atoms with Crippen molar-refractivity contribution in [2.75, 3.05) is 0 Å². The molecule has 0 saturated carbocycles. The number of hydrogen-bond acceptors (Lipinski definition) is 4. The van der Waals surface area contributed by atoms with E-state index in [1.54, 1.807) is 24.3 Å². The molecule has 4 aliphatic rings. The van der Waals surface area contributed by atoms with Gasteiger partial charge in [-0.3, -0.25) is 19.2 Å². The largest absolute Gasteiger partial charge is 0.292 e. The van der Waals surface area contributed by atoms with Crippen LogP contribution in [-0.2, 0) is 9.59 Å². The third-order valence-corrected chi connectivity index (χ3v) is 9.64. The first kappa shape index (κ1) is 27.6. The summed E-state index contributed by atoms with van der Waals surface area (Å²) < 4.78 is 0. The van der Waals surface area contributed by atoms with E-state index in [2.05, 4.69) is 0 Å². The van der Waals surface area contributed by atoms with Crippen LogP contribution in [0.25, 0.3) is 0 Å². The maximum Gasteiger partial charge on any atom is 0.275 e. The van der Waals surface area contributed by atoms with Crippen molar-refractivity contribution in [3.05, 3.63) is 140 Å². The van der Waals surface area contributed by atoms with Gasteiger partial charge >= 0.3 is 0 Å². The molecule has 1 saturated heterocycles. The minimum absolute atomic E-state index is 0.0274. The first-order valence-electron chi connectivity index (χ1n) is 14.1. The molecule has 6 nitrogen and oxygen atoms in total. The van der Waals surface area contributed by atoms with Gasteiger partial charge in [0.2, 0.25) is 0 Å². The molecule has 43 heavy (non-hydrogen) atoms. The minimum Gasteiger partial charge on any atom is -0.292 e. The van der Waals surface area contributed by atoms with Crippen molar-refractivity contribution in [2.45, 2.75) is 31.7 Å². The number of amides is 3. The van der Waals surface area contributed by atoms with E-state index in [4.69, 9.17) is 23.2 Å². The molecule has 8 heteroatoms. The lowest BCUT2D eigenvalue weighted by molar-refractivity contribution is -0.156. The molecule has 1 aliphatic heterocycles. The maximum atomic E-state index is 14.5. The summed E-state index contributed by atoms with van der Waals surface area (Å²) in [6.07, 6.45) is 0. The third kappa shape index (κ3) is 4.08. The molecular weight excluding hydrogens is 583 g/mol.